The van der Waals surface area contributed by atoms with Gasteiger partial charge in [0.25, 0.3) is 5.91 Å². The van der Waals surface area contributed by atoms with Crippen molar-refractivity contribution in [1.82, 2.24) is 14.8 Å². The molecule has 1 aromatic heterocycles. The monoisotopic (exact) mass is 301 g/mol. The Morgan fingerprint density at radius 3 is 2.50 bits per heavy atom. The molecule has 2 aromatic rings. The smallest absolute Gasteiger partial charge is 0.254 e. The van der Waals surface area contributed by atoms with Crippen LogP contribution in [0, 0.1) is 5.92 Å². The zero-order valence-electron chi connectivity index (χ0n) is 12.8. The standard InChI is InChI=1S/C16H19N3O3/c1-11(2)15(20)18-5-7-19(8-6-18)16(21)12-3-4-14-13(9-12)17-10-22-14/h3-4,9-11H,5-8H2,1-2H3. The highest BCUT2D eigenvalue weighted by atomic mass is 16.3. The van der Waals surface area contributed by atoms with Crippen LogP contribution in [0.4, 0.5) is 0 Å². The maximum absolute atomic E-state index is 12.5. The molecular formula is C16H19N3O3. The van der Waals surface area contributed by atoms with Gasteiger partial charge >= 0.3 is 0 Å². The van der Waals surface area contributed by atoms with Crippen LogP contribution in [0.15, 0.2) is 29.0 Å². The Morgan fingerprint density at radius 1 is 1.14 bits per heavy atom. The third-order valence-electron chi connectivity index (χ3n) is 3.95. The predicted molar refractivity (Wildman–Crippen MR) is 81.3 cm³/mol. The van der Waals surface area contributed by atoms with Gasteiger partial charge < -0.3 is 14.2 Å². The molecule has 3 rings (SSSR count). The number of piperazine rings is 1. The van der Waals surface area contributed by atoms with Crippen molar-refractivity contribution in [2.24, 2.45) is 5.92 Å². The number of oxazole rings is 1. The van der Waals surface area contributed by atoms with Gasteiger partial charge in [-0.1, -0.05) is 13.8 Å². The van der Waals surface area contributed by atoms with Crippen LogP contribution in [0.5, 0.6) is 0 Å². The van der Waals surface area contributed by atoms with E-state index in [9.17, 15) is 9.59 Å². The van der Waals surface area contributed by atoms with Gasteiger partial charge in [-0.15, -0.1) is 0 Å². The van der Waals surface area contributed by atoms with Crippen LogP contribution in [-0.2, 0) is 4.79 Å². The largest absolute Gasteiger partial charge is 0.443 e. The van der Waals surface area contributed by atoms with E-state index in [0.29, 0.717) is 42.8 Å². The van der Waals surface area contributed by atoms with Gasteiger partial charge in [0.05, 0.1) is 0 Å². The first-order valence-corrected chi connectivity index (χ1v) is 7.47. The molecule has 2 heterocycles. The molecule has 0 atom stereocenters. The number of hydrogen-bond acceptors (Lipinski definition) is 4. The van der Waals surface area contributed by atoms with Crippen molar-refractivity contribution in [2.75, 3.05) is 26.2 Å². The van der Waals surface area contributed by atoms with E-state index in [1.165, 1.54) is 6.39 Å². The normalized spacial score (nSPS) is 15.6. The number of rotatable bonds is 2. The lowest BCUT2D eigenvalue weighted by Gasteiger charge is -2.35. The molecule has 0 spiro atoms. The first-order chi connectivity index (χ1) is 10.6. The number of carbonyl (C=O) groups is 2. The highest BCUT2D eigenvalue weighted by Gasteiger charge is 2.26. The molecule has 1 aliphatic rings. The third-order valence-corrected chi connectivity index (χ3v) is 3.95. The average molecular weight is 301 g/mol. The number of benzene rings is 1. The molecule has 6 heteroatoms. The summed E-state index contributed by atoms with van der Waals surface area (Å²) < 4.78 is 5.18. The van der Waals surface area contributed by atoms with Crippen LogP contribution in [0.25, 0.3) is 11.1 Å². The second kappa shape index (κ2) is 5.79. The highest BCUT2D eigenvalue weighted by molar-refractivity contribution is 5.97. The van der Waals surface area contributed by atoms with Crippen LogP contribution in [0.2, 0.25) is 0 Å². The van der Waals surface area contributed by atoms with Crippen LogP contribution in [-0.4, -0.2) is 52.8 Å². The van der Waals surface area contributed by atoms with E-state index in [2.05, 4.69) is 4.98 Å². The minimum atomic E-state index is -0.0263. The van der Waals surface area contributed by atoms with E-state index < -0.39 is 0 Å². The van der Waals surface area contributed by atoms with Crippen molar-refractivity contribution in [3.05, 3.63) is 30.2 Å². The summed E-state index contributed by atoms with van der Waals surface area (Å²) in [7, 11) is 0. The minimum absolute atomic E-state index is 0.00294. The second-order valence-corrected chi connectivity index (χ2v) is 5.81. The summed E-state index contributed by atoms with van der Waals surface area (Å²) in [5, 5.41) is 0. The van der Waals surface area contributed by atoms with Crippen LogP contribution < -0.4 is 0 Å². The van der Waals surface area contributed by atoms with Crippen molar-refractivity contribution in [3.8, 4) is 0 Å². The summed E-state index contributed by atoms with van der Waals surface area (Å²) in [5.41, 5.74) is 1.95. The molecular weight excluding hydrogens is 282 g/mol. The Kier molecular flexibility index (Phi) is 3.83. The third kappa shape index (κ3) is 2.68. The van der Waals surface area contributed by atoms with Gasteiger partial charge in [-0.25, -0.2) is 4.98 Å². The fourth-order valence-corrected chi connectivity index (χ4v) is 2.67. The van der Waals surface area contributed by atoms with Gasteiger partial charge in [0.2, 0.25) is 5.91 Å². The molecule has 0 N–H and O–H groups in total. The SMILES string of the molecule is CC(C)C(=O)N1CCN(C(=O)c2ccc3ocnc3c2)CC1. The van der Waals surface area contributed by atoms with Crippen LogP contribution in [0.1, 0.15) is 24.2 Å². The zero-order valence-corrected chi connectivity index (χ0v) is 12.8. The molecule has 0 bridgehead atoms. The number of fused-ring (bicyclic) bond motifs is 1. The number of amides is 2. The molecule has 1 saturated heterocycles. The van der Waals surface area contributed by atoms with E-state index in [0.717, 1.165) is 0 Å². The Balaban J connectivity index is 1.68. The molecule has 2 amide bonds. The fourth-order valence-electron chi connectivity index (χ4n) is 2.67. The molecule has 116 valence electrons. The van der Waals surface area contributed by atoms with Gasteiger partial charge in [0.15, 0.2) is 12.0 Å². The Bertz CT molecular complexity index is 699. The summed E-state index contributed by atoms with van der Waals surface area (Å²) in [6.45, 7) is 6.10. The second-order valence-electron chi connectivity index (χ2n) is 5.81. The van der Waals surface area contributed by atoms with Crippen molar-refractivity contribution in [2.45, 2.75) is 13.8 Å². The summed E-state index contributed by atoms with van der Waals surface area (Å²) in [6, 6.07) is 5.25. The first kappa shape index (κ1) is 14.6. The molecule has 1 fully saturated rings. The summed E-state index contributed by atoms with van der Waals surface area (Å²) in [4.78, 5) is 32.2. The molecule has 0 aliphatic carbocycles. The van der Waals surface area contributed by atoms with E-state index in [-0.39, 0.29) is 17.7 Å². The predicted octanol–water partition coefficient (Wildman–Crippen LogP) is 1.77. The van der Waals surface area contributed by atoms with Crippen LogP contribution in [0.3, 0.4) is 0 Å². The number of hydrogen-bond donors (Lipinski definition) is 0. The van der Waals surface area contributed by atoms with Crippen molar-refractivity contribution in [1.29, 1.82) is 0 Å². The molecule has 6 nitrogen and oxygen atoms in total. The first-order valence-electron chi connectivity index (χ1n) is 7.47. The van der Waals surface area contributed by atoms with E-state index in [1.54, 1.807) is 23.1 Å². The molecule has 22 heavy (non-hydrogen) atoms. The maximum atomic E-state index is 12.5. The Morgan fingerprint density at radius 2 is 1.82 bits per heavy atom. The summed E-state index contributed by atoms with van der Waals surface area (Å²) >= 11 is 0. The molecule has 0 radical (unpaired) electrons. The van der Waals surface area contributed by atoms with Crippen molar-refractivity contribution in [3.63, 3.8) is 0 Å². The maximum Gasteiger partial charge on any atom is 0.254 e. The Labute approximate surface area is 128 Å². The molecule has 1 aromatic carbocycles. The van der Waals surface area contributed by atoms with Gasteiger partial charge in [0.1, 0.15) is 5.52 Å². The van der Waals surface area contributed by atoms with E-state index >= 15 is 0 Å². The van der Waals surface area contributed by atoms with E-state index in [1.807, 2.05) is 18.7 Å². The van der Waals surface area contributed by atoms with Crippen LogP contribution >= 0.6 is 0 Å². The molecule has 0 unspecified atom stereocenters. The summed E-state index contributed by atoms with van der Waals surface area (Å²) in [5.74, 6) is 0.120. The molecule has 0 saturated carbocycles. The van der Waals surface area contributed by atoms with E-state index in [4.69, 9.17) is 4.42 Å². The van der Waals surface area contributed by atoms with Crippen molar-refractivity contribution < 1.29 is 14.0 Å². The molecule has 1 aliphatic heterocycles. The van der Waals surface area contributed by atoms with Gasteiger partial charge in [-0.2, -0.15) is 0 Å². The van der Waals surface area contributed by atoms with Gasteiger partial charge in [-0.05, 0) is 18.2 Å². The number of nitrogens with zero attached hydrogens (tertiary/aromatic N) is 3. The van der Waals surface area contributed by atoms with Gasteiger partial charge in [-0.3, -0.25) is 9.59 Å². The fraction of sp³-hybridized carbons (Fsp3) is 0.438. The Hall–Kier alpha value is -2.37. The lowest BCUT2D eigenvalue weighted by atomic mass is 10.1. The van der Waals surface area contributed by atoms with Gasteiger partial charge in [0, 0.05) is 37.7 Å². The average Bonchev–Trinajstić information content (AvgIpc) is 3.01. The quantitative estimate of drug-likeness (QED) is 0.848. The summed E-state index contributed by atoms with van der Waals surface area (Å²) in [6.07, 6.45) is 1.37. The lowest BCUT2D eigenvalue weighted by molar-refractivity contribution is -0.135. The zero-order chi connectivity index (χ0) is 15.7. The number of carbonyl (C=O) groups excluding carboxylic acids is 2. The number of aromatic nitrogens is 1. The lowest BCUT2D eigenvalue weighted by Crippen LogP contribution is -2.51. The minimum Gasteiger partial charge on any atom is -0.443 e. The highest BCUT2D eigenvalue weighted by Crippen LogP contribution is 2.17. The topological polar surface area (TPSA) is 66.7 Å². The van der Waals surface area contributed by atoms with Crippen molar-refractivity contribution >= 4 is 22.9 Å².